The van der Waals surface area contributed by atoms with Crippen molar-refractivity contribution in [2.75, 3.05) is 0 Å². The Hall–Kier alpha value is -1.88. The lowest BCUT2D eigenvalue weighted by atomic mass is 10.2. The van der Waals surface area contributed by atoms with Crippen LogP contribution >= 0.6 is 0 Å². The van der Waals surface area contributed by atoms with E-state index in [1.807, 2.05) is 0 Å². The molecule has 15 heavy (non-hydrogen) atoms. The molecule has 0 fully saturated rings. The predicted octanol–water partition coefficient (Wildman–Crippen LogP) is 0.741. The van der Waals surface area contributed by atoms with E-state index in [0.717, 1.165) is 5.56 Å². The summed E-state index contributed by atoms with van der Waals surface area (Å²) in [7, 11) is 0. The van der Waals surface area contributed by atoms with E-state index < -0.39 is 18.0 Å². The summed E-state index contributed by atoms with van der Waals surface area (Å²) in [6, 6.07) is 8.77. The number of hydrogen-bond donors (Lipinski definition) is 2. The summed E-state index contributed by atoms with van der Waals surface area (Å²) >= 11 is 0. The number of carboxylic acid groups (broad SMARTS) is 2. The van der Waals surface area contributed by atoms with E-state index in [4.69, 9.17) is 14.9 Å². The molecule has 0 amide bonds. The van der Waals surface area contributed by atoms with Crippen LogP contribution in [0.3, 0.4) is 0 Å². The number of carbonyl (C=O) groups is 2. The van der Waals surface area contributed by atoms with Crippen molar-refractivity contribution in [2.45, 2.75) is 12.7 Å². The summed E-state index contributed by atoms with van der Waals surface area (Å²) in [6.07, 6.45) is -1.81. The molecule has 0 radical (unpaired) electrons. The third-order valence-electron chi connectivity index (χ3n) is 1.71. The lowest BCUT2D eigenvalue weighted by Crippen LogP contribution is -2.32. The first-order valence-electron chi connectivity index (χ1n) is 4.22. The van der Waals surface area contributed by atoms with Gasteiger partial charge < -0.3 is 14.9 Å². The van der Waals surface area contributed by atoms with Crippen LogP contribution in [0.15, 0.2) is 30.3 Å². The minimum atomic E-state index is -1.81. The molecule has 5 heteroatoms. The Morgan fingerprint density at radius 2 is 1.67 bits per heavy atom. The molecule has 0 heterocycles. The molecule has 1 aromatic carbocycles. The Bertz CT molecular complexity index is 332. The van der Waals surface area contributed by atoms with Gasteiger partial charge in [0.1, 0.15) is 0 Å². The second-order valence-electron chi connectivity index (χ2n) is 2.85. The molecular weight excluding hydrogens is 200 g/mol. The molecular formula is C10H10O5. The fourth-order valence-electron chi connectivity index (χ4n) is 1.00. The summed E-state index contributed by atoms with van der Waals surface area (Å²) in [4.78, 5) is 20.9. The second kappa shape index (κ2) is 5.11. The maximum absolute atomic E-state index is 10.5. The number of ether oxygens (including phenoxy) is 1. The summed E-state index contributed by atoms with van der Waals surface area (Å²) in [5.41, 5.74) is 0.727. The summed E-state index contributed by atoms with van der Waals surface area (Å²) in [5.74, 6) is -3.00. The van der Waals surface area contributed by atoms with Crippen molar-refractivity contribution in [3.8, 4) is 0 Å². The molecule has 5 nitrogen and oxygen atoms in total. The molecule has 80 valence electrons. The highest BCUT2D eigenvalue weighted by atomic mass is 16.5. The molecule has 0 aliphatic heterocycles. The number of benzene rings is 1. The third-order valence-corrected chi connectivity index (χ3v) is 1.71. The van der Waals surface area contributed by atoms with Crippen LogP contribution < -0.4 is 0 Å². The minimum absolute atomic E-state index is 0.0376. The SMILES string of the molecule is O=C(O)C(OCc1ccccc1)C(=O)O. The van der Waals surface area contributed by atoms with E-state index in [1.54, 1.807) is 30.3 Å². The quantitative estimate of drug-likeness (QED) is 0.700. The predicted molar refractivity (Wildman–Crippen MR) is 50.3 cm³/mol. The molecule has 0 aliphatic carbocycles. The summed E-state index contributed by atoms with van der Waals surface area (Å²) in [5, 5.41) is 17.0. The van der Waals surface area contributed by atoms with Crippen LogP contribution in [0.5, 0.6) is 0 Å². The first kappa shape index (κ1) is 11.2. The van der Waals surface area contributed by atoms with Crippen molar-refractivity contribution >= 4 is 11.9 Å². The van der Waals surface area contributed by atoms with Gasteiger partial charge in [-0.15, -0.1) is 0 Å². The van der Waals surface area contributed by atoms with Crippen molar-refractivity contribution in [1.82, 2.24) is 0 Å². The van der Waals surface area contributed by atoms with Crippen molar-refractivity contribution < 1.29 is 24.5 Å². The highest BCUT2D eigenvalue weighted by Crippen LogP contribution is 2.03. The van der Waals surface area contributed by atoms with Gasteiger partial charge in [0.15, 0.2) is 0 Å². The Labute approximate surface area is 85.9 Å². The first-order chi connectivity index (χ1) is 7.11. The van der Waals surface area contributed by atoms with Gasteiger partial charge in [-0.25, -0.2) is 9.59 Å². The normalized spacial score (nSPS) is 10.2. The second-order valence-corrected chi connectivity index (χ2v) is 2.85. The van der Waals surface area contributed by atoms with E-state index in [0.29, 0.717) is 0 Å². The monoisotopic (exact) mass is 210 g/mol. The molecule has 1 rings (SSSR count). The van der Waals surface area contributed by atoms with Crippen LogP contribution in [-0.4, -0.2) is 28.3 Å². The smallest absolute Gasteiger partial charge is 0.344 e. The van der Waals surface area contributed by atoms with Crippen molar-refractivity contribution in [3.63, 3.8) is 0 Å². The van der Waals surface area contributed by atoms with Crippen LogP contribution in [0, 0.1) is 0 Å². The average Bonchev–Trinajstić information content (AvgIpc) is 2.18. The van der Waals surface area contributed by atoms with Gasteiger partial charge in [0.2, 0.25) is 0 Å². The molecule has 0 saturated carbocycles. The molecule has 0 saturated heterocycles. The van der Waals surface area contributed by atoms with Crippen LogP contribution in [0.1, 0.15) is 5.56 Å². The maximum Gasteiger partial charge on any atom is 0.344 e. The van der Waals surface area contributed by atoms with Gasteiger partial charge in [-0.2, -0.15) is 0 Å². The molecule has 0 aromatic heterocycles. The number of aliphatic carboxylic acids is 2. The lowest BCUT2D eigenvalue weighted by Gasteiger charge is -2.08. The van der Waals surface area contributed by atoms with E-state index >= 15 is 0 Å². The zero-order valence-electron chi connectivity index (χ0n) is 7.79. The number of rotatable bonds is 5. The largest absolute Gasteiger partial charge is 0.479 e. The lowest BCUT2D eigenvalue weighted by molar-refractivity contribution is -0.166. The summed E-state index contributed by atoms with van der Waals surface area (Å²) < 4.78 is 4.75. The van der Waals surface area contributed by atoms with Gasteiger partial charge >= 0.3 is 11.9 Å². The molecule has 1 aromatic rings. The van der Waals surface area contributed by atoms with Gasteiger partial charge in [0.25, 0.3) is 6.10 Å². The molecule has 0 spiro atoms. The van der Waals surface area contributed by atoms with E-state index in [1.165, 1.54) is 0 Å². The van der Waals surface area contributed by atoms with Gasteiger partial charge in [0.05, 0.1) is 6.61 Å². The zero-order chi connectivity index (χ0) is 11.3. The standard InChI is InChI=1S/C10H10O5/c11-9(12)8(10(13)14)15-6-7-4-2-1-3-5-7/h1-5,8H,6H2,(H,11,12)(H,13,14). The van der Waals surface area contributed by atoms with Crippen LogP contribution in [0.25, 0.3) is 0 Å². The topological polar surface area (TPSA) is 83.8 Å². The van der Waals surface area contributed by atoms with Crippen molar-refractivity contribution in [3.05, 3.63) is 35.9 Å². The Morgan fingerprint density at radius 3 is 2.13 bits per heavy atom. The third kappa shape index (κ3) is 3.40. The van der Waals surface area contributed by atoms with Gasteiger partial charge in [-0.05, 0) is 5.56 Å². The van der Waals surface area contributed by atoms with Crippen molar-refractivity contribution in [2.24, 2.45) is 0 Å². The van der Waals surface area contributed by atoms with Gasteiger partial charge in [-0.3, -0.25) is 0 Å². The summed E-state index contributed by atoms with van der Waals surface area (Å²) in [6.45, 7) is -0.0376. The number of carboxylic acids is 2. The van der Waals surface area contributed by atoms with E-state index in [-0.39, 0.29) is 6.61 Å². The Morgan fingerprint density at radius 1 is 1.13 bits per heavy atom. The van der Waals surface area contributed by atoms with Crippen LogP contribution in [0.4, 0.5) is 0 Å². The highest BCUT2D eigenvalue weighted by molar-refractivity contribution is 5.95. The Balaban J connectivity index is 2.55. The average molecular weight is 210 g/mol. The number of hydrogen-bond acceptors (Lipinski definition) is 3. The molecule has 0 unspecified atom stereocenters. The highest BCUT2D eigenvalue weighted by Gasteiger charge is 2.26. The van der Waals surface area contributed by atoms with Gasteiger partial charge in [0, 0.05) is 0 Å². The minimum Gasteiger partial charge on any atom is -0.479 e. The van der Waals surface area contributed by atoms with E-state index in [2.05, 4.69) is 0 Å². The molecule has 2 N–H and O–H groups in total. The molecule has 0 atom stereocenters. The van der Waals surface area contributed by atoms with Gasteiger partial charge in [-0.1, -0.05) is 30.3 Å². The Kier molecular flexibility index (Phi) is 3.82. The van der Waals surface area contributed by atoms with Crippen LogP contribution in [0.2, 0.25) is 0 Å². The van der Waals surface area contributed by atoms with Crippen molar-refractivity contribution in [1.29, 1.82) is 0 Å². The van der Waals surface area contributed by atoms with Crippen LogP contribution in [-0.2, 0) is 20.9 Å². The zero-order valence-corrected chi connectivity index (χ0v) is 7.79. The molecule has 0 bridgehead atoms. The van der Waals surface area contributed by atoms with E-state index in [9.17, 15) is 9.59 Å². The fraction of sp³-hybridized carbons (Fsp3) is 0.200. The maximum atomic E-state index is 10.5. The molecule has 0 aliphatic rings. The fourth-order valence-corrected chi connectivity index (χ4v) is 1.00. The first-order valence-corrected chi connectivity index (χ1v) is 4.22.